The van der Waals surface area contributed by atoms with E-state index in [0.717, 1.165) is 28.3 Å². The van der Waals surface area contributed by atoms with Crippen LogP contribution in [0.25, 0.3) is 17.2 Å². The molecule has 3 aromatic rings. The first-order chi connectivity index (χ1) is 17.2. The Morgan fingerprint density at radius 3 is 1.97 bits per heavy atom. The maximum absolute atomic E-state index is 13.1. The number of hydrogen-bond donors (Lipinski definition) is 5. The van der Waals surface area contributed by atoms with Crippen LogP contribution in [0, 0.1) is 13.8 Å². The molecule has 0 aliphatic heterocycles. The van der Waals surface area contributed by atoms with Crippen molar-refractivity contribution in [1.82, 2.24) is 0 Å². The van der Waals surface area contributed by atoms with Crippen LogP contribution in [0.2, 0.25) is 0 Å². The highest BCUT2D eigenvalue weighted by Gasteiger charge is 2.33. The molecule has 0 spiro atoms. The summed E-state index contributed by atoms with van der Waals surface area (Å²) in [5.41, 5.74) is 17.6. The molecule has 11 nitrogen and oxygen atoms in total. The minimum atomic E-state index is -5.02. The van der Waals surface area contributed by atoms with Gasteiger partial charge in [0.15, 0.2) is 0 Å². The Hall–Kier alpha value is -4.04. The van der Waals surface area contributed by atoms with Crippen molar-refractivity contribution in [3.05, 3.63) is 70.8 Å². The number of Topliss-reactive ketones (excluding diaryl/α,β-unsaturated/α-hetero) is 1. The van der Waals surface area contributed by atoms with Crippen LogP contribution in [0.1, 0.15) is 27.0 Å². The summed E-state index contributed by atoms with van der Waals surface area (Å²) in [7, 11) is -10.00. The Labute approximate surface area is 213 Å². The average molecular weight is 543 g/mol. The first-order valence-corrected chi connectivity index (χ1v) is 13.5. The first-order valence-electron chi connectivity index (χ1n) is 10.6. The molecule has 0 heterocycles. The SMILES string of the molecule is Cc1cc(-c2ccc(N/N=C3\C=Cc4c(S(=O)(=O)O)cc(S(=O)(=O)O)c(N)c4C3=O)c(C)c2)ccc1N. The number of benzene rings is 3. The number of rotatable bonds is 5. The summed E-state index contributed by atoms with van der Waals surface area (Å²) >= 11 is 0. The lowest BCUT2D eigenvalue weighted by Gasteiger charge is -2.18. The average Bonchev–Trinajstić information content (AvgIpc) is 2.79. The summed E-state index contributed by atoms with van der Waals surface area (Å²) in [6.07, 6.45) is 2.35. The van der Waals surface area contributed by atoms with E-state index in [1.54, 1.807) is 6.07 Å². The van der Waals surface area contributed by atoms with E-state index in [2.05, 4.69) is 10.5 Å². The molecule has 13 heteroatoms. The topological polar surface area (TPSA) is 202 Å². The van der Waals surface area contributed by atoms with Crippen LogP contribution in [0.4, 0.5) is 17.1 Å². The number of carbonyl (C=O) groups excluding carboxylic acids is 1. The zero-order valence-corrected chi connectivity index (χ0v) is 21.2. The van der Waals surface area contributed by atoms with Crippen LogP contribution in [-0.2, 0) is 20.2 Å². The lowest BCUT2D eigenvalue weighted by Crippen LogP contribution is -2.23. The smallest absolute Gasteiger partial charge is 0.296 e. The number of nitrogen functional groups attached to an aromatic ring is 2. The van der Waals surface area contributed by atoms with Crippen LogP contribution in [-0.4, -0.2) is 37.4 Å². The van der Waals surface area contributed by atoms with Gasteiger partial charge < -0.3 is 11.5 Å². The maximum Gasteiger partial charge on any atom is 0.296 e. The highest BCUT2D eigenvalue weighted by Crippen LogP contribution is 2.35. The van der Waals surface area contributed by atoms with Gasteiger partial charge in [0.2, 0.25) is 5.78 Å². The second-order valence-corrected chi connectivity index (χ2v) is 11.2. The van der Waals surface area contributed by atoms with Crippen molar-refractivity contribution in [1.29, 1.82) is 0 Å². The number of hydrogen-bond acceptors (Lipinski definition) is 9. The number of nitrogens with two attached hydrogens (primary N) is 2. The minimum absolute atomic E-state index is 0.217. The molecule has 0 saturated heterocycles. The Kier molecular flexibility index (Phi) is 6.42. The third-order valence-electron chi connectivity index (χ3n) is 5.88. The van der Waals surface area contributed by atoms with Crippen molar-refractivity contribution in [2.24, 2.45) is 5.10 Å². The molecule has 0 aromatic heterocycles. The van der Waals surface area contributed by atoms with Crippen LogP contribution in [0.5, 0.6) is 0 Å². The summed E-state index contributed by atoms with van der Waals surface area (Å²) in [5.74, 6) is -0.912. The van der Waals surface area contributed by atoms with Gasteiger partial charge in [0.05, 0.1) is 16.9 Å². The van der Waals surface area contributed by atoms with E-state index in [1.807, 2.05) is 44.2 Å². The Bertz CT molecular complexity index is 1760. The first kappa shape index (κ1) is 26.0. The van der Waals surface area contributed by atoms with E-state index in [1.165, 1.54) is 6.08 Å². The van der Waals surface area contributed by atoms with Gasteiger partial charge in [-0.1, -0.05) is 18.2 Å². The van der Waals surface area contributed by atoms with Gasteiger partial charge in [0.25, 0.3) is 20.2 Å². The number of fused-ring (bicyclic) bond motifs is 1. The third kappa shape index (κ3) is 4.97. The zero-order valence-electron chi connectivity index (χ0n) is 19.6. The maximum atomic E-state index is 13.1. The number of aryl methyl sites for hydroxylation is 2. The summed E-state index contributed by atoms with van der Waals surface area (Å²) in [6, 6.07) is 11.7. The van der Waals surface area contributed by atoms with Gasteiger partial charge >= 0.3 is 0 Å². The second-order valence-electron chi connectivity index (χ2n) is 8.40. The zero-order chi connectivity index (χ0) is 27.3. The number of anilines is 3. The number of hydrazone groups is 1. The van der Waals surface area contributed by atoms with Gasteiger partial charge in [-0.3, -0.25) is 19.3 Å². The van der Waals surface area contributed by atoms with E-state index >= 15 is 0 Å². The van der Waals surface area contributed by atoms with Crippen molar-refractivity contribution in [2.45, 2.75) is 23.6 Å². The minimum Gasteiger partial charge on any atom is -0.399 e. The molecule has 0 bridgehead atoms. The van der Waals surface area contributed by atoms with E-state index in [-0.39, 0.29) is 11.3 Å². The molecule has 0 radical (unpaired) electrons. The lowest BCUT2D eigenvalue weighted by molar-refractivity contribution is 0.106. The number of ketones is 1. The molecule has 3 aromatic carbocycles. The van der Waals surface area contributed by atoms with Crippen molar-refractivity contribution >= 4 is 54.9 Å². The fourth-order valence-electron chi connectivity index (χ4n) is 3.90. The summed E-state index contributed by atoms with van der Waals surface area (Å²) < 4.78 is 66.2. The number of nitrogens with one attached hydrogen (secondary N) is 1. The van der Waals surface area contributed by atoms with Crippen LogP contribution < -0.4 is 16.9 Å². The number of carbonyl (C=O) groups is 1. The molecule has 7 N–H and O–H groups in total. The fraction of sp³-hybridized carbons (Fsp3) is 0.0833. The number of nitrogens with zero attached hydrogens (tertiary/aromatic N) is 1. The quantitative estimate of drug-likeness (QED) is 0.181. The van der Waals surface area contributed by atoms with E-state index in [4.69, 9.17) is 11.5 Å². The van der Waals surface area contributed by atoms with Crippen molar-refractivity contribution in [2.75, 3.05) is 16.9 Å². The predicted octanol–water partition coefficient (Wildman–Crippen LogP) is 3.31. The predicted molar refractivity (Wildman–Crippen MR) is 141 cm³/mol. The Morgan fingerprint density at radius 1 is 0.811 bits per heavy atom. The molecular weight excluding hydrogens is 520 g/mol. The van der Waals surface area contributed by atoms with Crippen molar-refractivity contribution in [3.8, 4) is 11.1 Å². The Balaban J connectivity index is 1.71. The standard InChI is InChI=1S/C24H22N4O7S2/c1-12-9-14(3-6-17(12)25)15-4-7-18(13(2)10-15)27-28-19-8-5-16-20(36(30,31)32)11-21(37(33,34)35)23(26)22(16)24(19)29/h3-11,27H,25-26H2,1-2H3,(H,30,31,32)(H,33,34,35)/b28-19+. The highest BCUT2D eigenvalue weighted by atomic mass is 32.2. The van der Waals surface area contributed by atoms with E-state index in [0.29, 0.717) is 17.4 Å². The molecule has 0 fully saturated rings. The third-order valence-corrected chi connectivity index (χ3v) is 7.67. The molecule has 0 saturated carbocycles. The van der Waals surface area contributed by atoms with Crippen LogP contribution >= 0.6 is 0 Å². The summed E-state index contributed by atoms with van der Waals surface area (Å²) in [4.78, 5) is 11.2. The van der Waals surface area contributed by atoms with Crippen molar-refractivity contribution < 1.29 is 30.7 Å². The van der Waals surface area contributed by atoms with Gasteiger partial charge in [-0.25, -0.2) is 0 Å². The van der Waals surface area contributed by atoms with Gasteiger partial charge in [0.1, 0.15) is 15.5 Å². The van der Waals surface area contributed by atoms with Gasteiger partial charge in [-0.15, -0.1) is 0 Å². The monoisotopic (exact) mass is 542 g/mol. The van der Waals surface area contributed by atoms with Crippen LogP contribution in [0.15, 0.2) is 63.4 Å². The lowest BCUT2D eigenvalue weighted by atomic mass is 9.93. The van der Waals surface area contributed by atoms with Crippen molar-refractivity contribution in [3.63, 3.8) is 0 Å². The molecule has 0 amide bonds. The largest absolute Gasteiger partial charge is 0.399 e. The number of allylic oxidation sites excluding steroid dienone is 1. The molecule has 37 heavy (non-hydrogen) atoms. The molecule has 1 aliphatic carbocycles. The molecule has 0 atom stereocenters. The molecule has 192 valence electrons. The van der Waals surface area contributed by atoms with Gasteiger partial charge in [0, 0.05) is 11.3 Å². The molecule has 4 rings (SSSR count). The van der Waals surface area contributed by atoms with Gasteiger partial charge in [-0.2, -0.15) is 21.9 Å². The summed E-state index contributed by atoms with van der Waals surface area (Å²) in [5, 5.41) is 4.08. The van der Waals surface area contributed by atoms with E-state index < -0.39 is 47.1 Å². The normalized spacial score (nSPS) is 14.6. The van der Waals surface area contributed by atoms with E-state index in [9.17, 15) is 30.7 Å². The molecule has 1 aliphatic rings. The van der Waals surface area contributed by atoms with Gasteiger partial charge in [-0.05, 0) is 72.5 Å². The second kappa shape index (κ2) is 9.12. The molecular formula is C24H22N4O7S2. The molecule has 0 unspecified atom stereocenters. The van der Waals surface area contributed by atoms with Crippen LogP contribution in [0.3, 0.4) is 0 Å². The fourth-order valence-corrected chi connectivity index (χ4v) is 5.34. The summed E-state index contributed by atoms with van der Waals surface area (Å²) in [6.45, 7) is 3.74. The highest BCUT2D eigenvalue weighted by molar-refractivity contribution is 7.86. The Morgan fingerprint density at radius 2 is 1.41 bits per heavy atom.